The van der Waals surface area contributed by atoms with Gasteiger partial charge in [0.25, 0.3) is 5.91 Å². The van der Waals surface area contributed by atoms with Crippen LogP contribution in [0.25, 0.3) is 6.08 Å². The zero-order valence-electron chi connectivity index (χ0n) is 16.2. The lowest BCUT2D eigenvalue weighted by Gasteiger charge is -2.14. The summed E-state index contributed by atoms with van der Waals surface area (Å²) in [6.07, 6.45) is -3.28. The number of halogens is 4. The van der Waals surface area contributed by atoms with Crippen LogP contribution in [-0.2, 0) is 15.8 Å². The topological polar surface area (TPSA) is 76.7 Å². The van der Waals surface area contributed by atoms with Crippen LogP contribution < -0.4 is 20.1 Å². The molecule has 0 heterocycles. The van der Waals surface area contributed by atoms with Crippen LogP contribution in [0.4, 0.5) is 18.9 Å². The lowest BCUT2D eigenvalue weighted by molar-refractivity contribution is -0.137. The summed E-state index contributed by atoms with van der Waals surface area (Å²) in [7, 11) is 2.89. The van der Waals surface area contributed by atoms with Gasteiger partial charge in [0.2, 0.25) is 5.91 Å². The first-order chi connectivity index (χ1) is 14.0. The zero-order valence-corrected chi connectivity index (χ0v) is 16.9. The molecule has 0 bridgehead atoms. The largest absolute Gasteiger partial charge is 0.493 e. The first-order valence-corrected chi connectivity index (χ1v) is 8.82. The fourth-order valence-corrected chi connectivity index (χ4v) is 2.61. The van der Waals surface area contributed by atoms with E-state index < -0.39 is 23.6 Å². The van der Waals surface area contributed by atoms with Gasteiger partial charge in [0.1, 0.15) is 5.70 Å². The number of hydrogen-bond acceptors (Lipinski definition) is 4. The number of hydrogen-bond donors (Lipinski definition) is 2. The molecule has 0 fully saturated rings. The molecule has 0 radical (unpaired) electrons. The van der Waals surface area contributed by atoms with Crippen molar-refractivity contribution in [1.82, 2.24) is 5.32 Å². The third-order valence-corrected chi connectivity index (χ3v) is 4.15. The second-order valence-electron chi connectivity index (χ2n) is 6.00. The third-order valence-electron chi connectivity index (χ3n) is 3.82. The second kappa shape index (κ2) is 9.53. The van der Waals surface area contributed by atoms with Crippen LogP contribution in [-0.4, -0.2) is 26.0 Å². The van der Waals surface area contributed by atoms with Gasteiger partial charge in [-0.3, -0.25) is 9.59 Å². The fraction of sp³-hybridized carbons (Fsp3) is 0.200. The third kappa shape index (κ3) is 5.90. The first-order valence-electron chi connectivity index (χ1n) is 8.44. The standard InChI is InChI=1S/C20H18ClF3N2O4/c1-11(27)25-16(8-12-4-7-17(29-2)18(9-12)30-3)19(28)26-15-10-13(20(22,23)24)5-6-14(15)21/h4-10H,1-3H3,(H,25,27)(H,26,28)/b16-8-. The summed E-state index contributed by atoms with van der Waals surface area (Å²) in [5.41, 5.74) is -0.961. The van der Waals surface area contributed by atoms with Crippen LogP contribution in [0.3, 0.4) is 0 Å². The van der Waals surface area contributed by atoms with Crippen LogP contribution in [0.1, 0.15) is 18.1 Å². The molecule has 2 amide bonds. The van der Waals surface area contributed by atoms with Gasteiger partial charge in [0.15, 0.2) is 11.5 Å². The summed E-state index contributed by atoms with van der Waals surface area (Å²) >= 11 is 5.91. The Kier molecular flexibility index (Phi) is 7.33. The van der Waals surface area contributed by atoms with E-state index in [9.17, 15) is 22.8 Å². The number of methoxy groups -OCH3 is 2. The molecule has 0 aliphatic rings. The minimum atomic E-state index is -4.61. The van der Waals surface area contributed by atoms with E-state index >= 15 is 0 Å². The molecular weight excluding hydrogens is 425 g/mol. The van der Waals surface area contributed by atoms with E-state index in [4.69, 9.17) is 21.1 Å². The van der Waals surface area contributed by atoms with Crippen molar-refractivity contribution < 1.29 is 32.2 Å². The molecule has 6 nitrogen and oxygen atoms in total. The Balaban J connectivity index is 2.39. The lowest BCUT2D eigenvalue weighted by atomic mass is 10.1. The van der Waals surface area contributed by atoms with Crippen LogP contribution in [0.15, 0.2) is 42.1 Å². The minimum Gasteiger partial charge on any atom is -0.493 e. The van der Waals surface area contributed by atoms with Crippen molar-refractivity contribution in [2.45, 2.75) is 13.1 Å². The monoisotopic (exact) mass is 442 g/mol. The number of benzene rings is 2. The maximum Gasteiger partial charge on any atom is 0.416 e. The van der Waals surface area contributed by atoms with Gasteiger partial charge >= 0.3 is 6.18 Å². The summed E-state index contributed by atoms with van der Waals surface area (Å²) in [6.45, 7) is 1.19. The van der Waals surface area contributed by atoms with E-state index in [0.29, 0.717) is 23.1 Å². The van der Waals surface area contributed by atoms with E-state index in [2.05, 4.69) is 10.6 Å². The molecule has 0 unspecified atom stereocenters. The summed E-state index contributed by atoms with van der Waals surface area (Å²) in [5.74, 6) is -0.570. The Bertz CT molecular complexity index is 991. The van der Waals surface area contributed by atoms with Crippen molar-refractivity contribution in [2.24, 2.45) is 0 Å². The molecule has 2 aromatic carbocycles. The maximum absolute atomic E-state index is 12.9. The number of anilines is 1. The van der Waals surface area contributed by atoms with Gasteiger partial charge < -0.3 is 20.1 Å². The molecule has 10 heteroatoms. The van der Waals surface area contributed by atoms with Gasteiger partial charge in [-0.1, -0.05) is 17.7 Å². The van der Waals surface area contributed by atoms with Crippen molar-refractivity contribution in [2.75, 3.05) is 19.5 Å². The molecule has 0 aliphatic heterocycles. The summed E-state index contributed by atoms with van der Waals surface area (Å²) < 4.78 is 49.2. The van der Waals surface area contributed by atoms with E-state index in [1.807, 2.05) is 0 Å². The Morgan fingerprint density at radius 2 is 1.70 bits per heavy atom. The first kappa shape index (κ1) is 23.1. The summed E-state index contributed by atoms with van der Waals surface area (Å²) in [5, 5.41) is 4.55. The van der Waals surface area contributed by atoms with E-state index in [0.717, 1.165) is 12.1 Å². The van der Waals surface area contributed by atoms with Crippen molar-refractivity contribution >= 4 is 35.2 Å². The molecule has 2 aromatic rings. The molecule has 0 saturated heterocycles. The number of carbonyl (C=O) groups excluding carboxylic acids is 2. The number of amides is 2. The molecule has 30 heavy (non-hydrogen) atoms. The molecule has 0 atom stereocenters. The number of nitrogens with one attached hydrogen (secondary N) is 2. The minimum absolute atomic E-state index is 0.0929. The highest BCUT2D eigenvalue weighted by atomic mass is 35.5. The Labute approximate surface area is 175 Å². The normalized spacial score (nSPS) is 11.6. The predicted molar refractivity (Wildman–Crippen MR) is 106 cm³/mol. The Morgan fingerprint density at radius 1 is 1.03 bits per heavy atom. The van der Waals surface area contributed by atoms with E-state index in [1.54, 1.807) is 18.2 Å². The summed E-state index contributed by atoms with van der Waals surface area (Å²) in [6, 6.07) is 7.29. The van der Waals surface area contributed by atoms with Gasteiger partial charge in [-0.05, 0) is 42.0 Å². The Morgan fingerprint density at radius 3 is 2.27 bits per heavy atom. The number of carbonyl (C=O) groups is 2. The number of rotatable bonds is 6. The number of ether oxygens (including phenoxy) is 2. The molecule has 0 saturated carbocycles. The van der Waals surface area contributed by atoms with Crippen LogP contribution in [0.5, 0.6) is 11.5 Å². The molecule has 0 spiro atoms. The van der Waals surface area contributed by atoms with E-state index in [-0.39, 0.29) is 16.4 Å². The summed E-state index contributed by atoms with van der Waals surface area (Å²) in [4.78, 5) is 24.2. The SMILES string of the molecule is COc1ccc(/C=C(\NC(C)=O)C(=O)Nc2cc(C(F)(F)F)ccc2Cl)cc1OC. The highest BCUT2D eigenvalue weighted by Gasteiger charge is 2.31. The second-order valence-corrected chi connectivity index (χ2v) is 6.41. The van der Waals surface area contributed by atoms with Crippen LogP contribution in [0.2, 0.25) is 5.02 Å². The molecule has 2 rings (SSSR count). The van der Waals surface area contributed by atoms with E-state index in [1.165, 1.54) is 27.2 Å². The van der Waals surface area contributed by atoms with Crippen molar-refractivity contribution in [1.29, 1.82) is 0 Å². The lowest BCUT2D eigenvalue weighted by Crippen LogP contribution is -2.29. The van der Waals surface area contributed by atoms with Crippen LogP contribution >= 0.6 is 11.6 Å². The maximum atomic E-state index is 12.9. The molecule has 0 aliphatic carbocycles. The highest BCUT2D eigenvalue weighted by molar-refractivity contribution is 6.34. The molecule has 2 N–H and O–H groups in total. The van der Waals surface area contributed by atoms with Gasteiger partial charge in [-0.25, -0.2) is 0 Å². The smallest absolute Gasteiger partial charge is 0.416 e. The average molecular weight is 443 g/mol. The highest BCUT2D eigenvalue weighted by Crippen LogP contribution is 2.34. The molecule has 160 valence electrons. The Hall–Kier alpha value is -3.20. The van der Waals surface area contributed by atoms with Gasteiger partial charge in [-0.15, -0.1) is 0 Å². The van der Waals surface area contributed by atoms with Crippen molar-refractivity contribution in [3.05, 3.63) is 58.2 Å². The van der Waals surface area contributed by atoms with Gasteiger partial charge in [0, 0.05) is 6.92 Å². The van der Waals surface area contributed by atoms with Gasteiger partial charge in [0.05, 0.1) is 30.5 Å². The predicted octanol–water partition coefficient (Wildman–Crippen LogP) is 4.49. The molecule has 0 aromatic heterocycles. The van der Waals surface area contributed by atoms with Crippen LogP contribution in [0, 0.1) is 0 Å². The van der Waals surface area contributed by atoms with Gasteiger partial charge in [-0.2, -0.15) is 13.2 Å². The zero-order chi connectivity index (χ0) is 22.5. The molecular formula is C20H18ClF3N2O4. The quantitative estimate of drug-likeness (QED) is 0.646. The van der Waals surface area contributed by atoms with Crippen molar-refractivity contribution in [3.63, 3.8) is 0 Å². The fourth-order valence-electron chi connectivity index (χ4n) is 2.44. The number of alkyl halides is 3. The van der Waals surface area contributed by atoms with Crippen molar-refractivity contribution in [3.8, 4) is 11.5 Å². The average Bonchev–Trinajstić information content (AvgIpc) is 2.67.